The Balaban J connectivity index is 1.47. The second kappa shape index (κ2) is 8.31. The lowest BCUT2D eigenvalue weighted by Crippen LogP contribution is -2.27. The van der Waals surface area contributed by atoms with Crippen molar-refractivity contribution in [3.05, 3.63) is 52.9 Å². The molecule has 130 valence electrons. The lowest BCUT2D eigenvalue weighted by molar-refractivity contribution is -0.118. The zero-order valence-corrected chi connectivity index (χ0v) is 15.9. The molecule has 0 unspecified atom stereocenters. The van der Waals surface area contributed by atoms with Crippen LogP contribution in [0.5, 0.6) is 0 Å². The van der Waals surface area contributed by atoms with Crippen molar-refractivity contribution in [3.8, 4) is 10.7 Å². The third kappa shape index (κ3) is 4.49. The van der Waals surface area contributed by atoms with Crippen LogP contribution in [-0.4, -0.2) is 33.0 Å². The Hall–Kier alpha value is -2.12. The molecule has 3 rings (SSSR count). The van der Waals surface area contributed by atoms with Crippen molar-refractivity contribution in [3.63, 3.8) is 0 Å². The molecule has 7 heteroatoms. The molecule has 0 saturated carbocycles. The molecule has 0 spiro atoms. The fraction of sp³-hybridized carbons (Fsp3) is 0.278. The molecule has 2 aromatic heterocycles. The summed E-state index contributed by atoms with van der Waals surface area (Å²) in [6, 6.07) is 12.2. The maximum atomic E-state index is 12.1. The van der Waals surface area contributed by atoms with Gasteiger partial charge in [-0.25, -0.2) is 0 Å². The van der Waals surface area contributed by atoms with Crippen LogP contribution in [-0.2, 0) is 18.3 Å². The molecule has 0 atom stereocenters. The minimum Gasteiger partial charge on any atom is -0.355 e. The minimum atomic E-state index is 0.0132. The van der Waals surface area contributed by atoms with Gasteiger partial charge in [0.2, 0.25) is 5.91 Å². The van der Waals surface area contributed by atoms with Gasteiger partial charge in [-0.15, -0.1) is 21.5 Å². The first kappa shape index (κ1) is 17.7. The smallest absolute Gasteiger partial charge is 0.230 e. The number of hydrogen-bond acceptors (Lipinski definition) is 5. The van der Waals surface area contributed by atoms with E-state index in [0.717, 1.165) is 22.3 Å². The topological polar surface area (TPSA) is 59.8 Å². The van der Waals surface area contributed by atoms with E-state index >= 15 is 0 Å². The first-order valence-electron chi connectivity index (χ1n) is 8.02. The van der Waals surface area contributed by atoms with E-state index < -0.39 is 0 Å². The Labute approximate surface area is 155 Å². The Morgan fingerprint density at radius 3 is 2.84 bits per heavy atom. The Morgan fingerprint density at radius 1 is 1.24 bits per heavy atom. The molecule has 5 nitrogen and oxygen atoms in total. The predicted octanol–water partition coefficient (Wildman–Crippen LogP) is 3.30. The maximum Gasteiger partial charge on any atom is 0.230 e. The standard InChI is InChI=1S/C18H20N4OS2/c1-13-6-3-4-7-14(13)9-10-19-16(23)12-25-18-21-20-17(22(18)2)15-8-5-11-24-15/h3-8,11H,9-10,12H2,1-2H3,(H,19,23). The van der Waals surface area contributed by atoms with Crippen LogP contribution in [0.1, 0.15) is 11.1 Å². The second-order valence-corrected chi connectivity index (χ2v) is 7.55. The summed E-state index contributed by atoms with van der Waals surface area (Å²) >= 11 is 3.03. The molecule has 25 heavy (non-hydrogen) atoms. The molecule has 0 aliphatic heterocycles. The van der Waals surface area contributed by atoms with Gasteiger partial charge in [0.05, 0.1) is 10.6 Å². The van der Waals surface area contributed by atoms with Crippen molar-refractivity contribution in [1.82, 2.24) is 20.1 Å². The number of carbonyl (C=O) groups is 1. The van der Waals surface area contributed by atoms with Crippen LogP contribution in [0.15, 0.2) is 46.9 Å². The van der Waals surface area contributed by atoms with Crippen molar-refractivity contribution in [1.29, 1.82) is 0 Å². The SMILES string of the molecule is Cc1ccccc1CCNC(=O)CSc1nnc(-c2cccs2)n1C. The number of aromatic nitrogens is 3. The van der Waals surface area contributed by atoms with Crippen LogP contribution < -0.4 is 5.32 Å². The van der Waals surface area contributed by atoms with E-state index in [-0.39, 0.29) is 5.91 Å². The number of thioether (sulfide) groups is 1. The number of nitrogens with zero attached hydrogens (tertiary/aromatic N) is 3. The van der Waals surface area contributed by atoms with Crippen LogP contribution in [0.4, 0.5) is 0 Å². The van der Waals surface area contributed by atoms with Crippen LogP contribution in [0.2, 0.25) is 0 Å². The number of benzene rings is 1. The molecule has 1 aromatic carbocycles. The quantitative estimate of drug-likeness (QED) is 0.647. The van der Waals surface area contributed by atoms with E-state index in [0.29, 0.717) is 12.3 Å². The van der Waals surface area contributed by atoms with Gasteiger partial charge in [0, 0.05) is 13.6 Å². The van der Waals surface area contributed by atoms with Gasteiger partial charge in [-0.3, -0.25) is 4.79 Å². The van der Waals surface area contributed by atoms with E-state index in [1.807, 2.05) is 41.3 Å². The van der Waals surface area contributed by atoms with Crippen molar-refractivity contribution in [2.75, 3.05) is 12.3 Å². The number of carbonyl (C=O) groups excluding carboxylic acids is 1. The van der Waals surface area contributed by atoms with Crippen LogP contribution in [0.3, 0.4) is 0 Å². The lowest BCUT2D eigenvalue weighted by atomic mass is 10.1. The first-order chi connectivity index (χ1) is 12.1. The predicted molar refractivity (Wildman–Crippen MR) is 103 cm³/mol. The molecule has 1 N–H and O–H groups in total. The van der Waals surface area contributed by atoms with Gasteiger partial charge >= 0.3 is 0 Å². The van der Waals surface area contributed by atoms with E-state index in [1.54, 1.807) is 11.3 Å². The number of rotatable bonds is 7. The molecule has 0 aliphatic carbocycles. The molecule has 0 aliphatic rings. The number of hydrogen-bond donors (Lipinski definition) is 1. The number of thiophene rings is 1. The average molecular weight is 373 g/mol. The van der Waals surface area contributed by atoms with Crippen LogP contribution >= 0.6 is 23.1 Å². The fourth-order valence-corrected chi connectivity index (χ4v) is 3.95. The van der Waals surface area contributed by atoms with Gasteiger partial charge in [0.25, 0.3) is 0 Å². The molecule has 0 radical (unpaired) electrons. The molecule has 3 aromatic rings. The van der Waals surface area contributed by atoms with Crippen LogP contribution in [0.25, 0.3) is 10.7 Å². The zero-order chi connectivity index (χ0) is 17.6. The van der Waals surface area contributed by atoms with Gasteiger partial charge in [-0.2, -0.15) is 0 Å². The van der Waals surface area contributed by atoms with Gasteiger partial charge in [-0.05, 0) is 35.9 Å². The summed E-state index contributed by atoms with van der Waals surface area (Å²) in [6.07, 6.45) is 0.843. The van der Waals surface area contributed by atoms with E-state index in [2.05, 4.69) is 34.6 Å². The third-order valence-electron chi connectivity index (χ3n) is 3.89. The summed E-state index contributed by atoms with van der Waals surface area (Å²) in [5.74, 6) is 1.18. The van der Waals surface area contributed by atoms with Crippen molar-refractivity contribution >= 4 is 29.0 Å². The monoisotopic (exact) mass is 372 g/mol. The molecular formula is C18H20N4OS2. The van der Waals surface area contributed by atoms with Crippen LogP contribution in [0, 0.1) is 6.92 Å². The highest BCUT2D eigenvalue weighted by atomic mass is 32.2. The fourth-order valence-electron chi connectivity index (χ4n) is 2.47. The highest BCUT2D eigenvalue weighted by Crippen LogP contribution is 2.25. The molecule has 0 fully saturated rings. The van der Waals surface area contributed by atoms with Crippen molar-refractivity contribution in [2.45, 2.75) is 18.5 Å². The minimum absolute atomic E-state index is 0.0132. The summed E-state index contributed by atoms with van der Waals surface area (Å²) < 4.78 is 1.93. The molecule has 2 heterocycles. The van der Waals surface area contributed by atoms with E-state index in [9.17, 15) is 4.79 Å². The van der Waals surface area contributed by atoms with Gasteiger partial charge in [0.1, 0.15) is 0 Å². The van der Waals surface area contributed by atoms with E-state index in [1.165, 1.54) is 22.9 Å². The number of nitrogens with one attached hydrogen (secondary N) is 1. The molecule has 0 bridgehead atoms. The normalized spacial score (nSPS) is 10.8. The Bertz CT molecular complexity index is 843. The highest BCUT2D eigenvalue weighted by molar-refractivity contribution is 7.99. The third-order valence-corrected chi connectivity index (χ3v) is 5.77. The van der Waals surface area contributed by atoms with Gasteiger partial charge < -0.3 is 9.88 Å². The lowest BCUT2D eigenvalue weighted by Gasteiger charge is -2.07. The Kier molecular flexibility index (Phi) is 5.88. The number of amides is 1. The van der Waals surface area contributed by atoms with Gasteiger partial charge in [0.15, 0.2) is 11.0 Å². The molecule has 1 amide bonds. The highest BCUT2D eigenvalue weighted by Gasteiger charge is 2.13. The largest absolute Gasteiger partial charge is 0.355 e. The maximum absolute atomic E-state index is 12.1. The summed E-state index contributed by atoms with van der Waals surface area (Å²) in [5, 5.41) is 14.1. The Morgan fingerprint density at radius 2 is 2.08 bits per heavy atom. The number of aryl methyl sites for hydroxylation is 1. The zero-order valence-electron chi connectivity index (χ0n) is 14.2. The summed E-state index contributed by atoms with van der Waals surface area (Å²) in [6.45, 7) is 2.73. The average Bonchev–Trinajstić information content (AvgIpc) is 3.24. The van der Waals surface area contributed by atoms with Gasteiger partial charge in [-0.1, -0.05) is 42.1 Å². The second-order valence-electron chi connectivity index (χ2n) is 5.66. The summed E-state index contributed by atoms with van der Waals surface area (Å²) in [7, 11) is 1.92. The molecular weight excluding hydrogens is 352 g/mol. The first-order valence-corrected chi connectivity index (χ1v) is 9.89. The summed E-state index contributed by atoms with van der Waals surface area (Å²) in [4.78, 5) is 13.1. The summed E-state index contributed by atoms with van der Waals surface area (Å²) in [5.41, 5.74) is 2.52. The van der Waals surface area contributed by atoms with Crippen molar-refractivity contribution in [2.24, 2.45) is 7.05 Å². The molecule has 0 saturated heterocycles. The van der Waals surface area contributed by atoms with E-state index in [4.69, 9.17) is 0 Å². The van der Waals surface area contributed by atoms with Crippen molar-refractivity contribution < 1.29 is 4.79 Å².